The van der Waals surface area contributed by atoms with E-state index in [0.717, 1.165) is 17.0 Å². The number of esters is 1. The third kappa shape index (κ3) is 4.91. The summed E-state index contributed by atoms with van der Waals surface area (Å²) in [6, 6.07) is 15.2. The molecule has 4 aromatic rings. The number of aromatic nitrogens is 2. The summed E-state index contributed by atoms with van der Waals surface area (Å²) in [4.78, 5) is 43.8. The first-order valence-corrected chi connectivity index (χ1v) is 13.8. The van der Waals surface area contributed by atoms with Gasteiger partial charge >= 0.3 is 11.9 Å². The number of allylic oxidation sites excluding steroid dienone is 1. The van der Waals surface area contributed by atoms with Crippen molar-refractivity contribution in [3.63, 3.8) is 0 Å². The third-order valence-electron chi connectivity index (χ3n) is 7.06. The Hall–Kier alpha value is -4.70. The van der Waals surface area contributed by atoms with Crippen LogP contribution in [0.2, 0.25) is 0 Å². The quantitative estimate of drug-likeness (QED) is 0.337. The van der Waals surface area contributed by atoms with Crippen molar-refractivity contribution >= 4 is 29.4 Å². The van der Waals surface area contributed by atoms with E-state index in [0.29, 0.717) is 32.0 Å². The summed E-state index contributed by atoms with van der Waals surface area (Å²) in [6.45, 7) is 7.50. The lowest BCUT2D eigenvalue weighted by atomic mass is 9.95. The minimum Gasteiger partial charge on any atom is -0.496 e. The number of benzene rings is 2. The van der Waals surface area contributed by atoms with Gasteiger partial charge in [0.05, 0.1) is 35.1 Å². The van der Waals surface area contributed by atoms with E-state index in [-0.39, 0.29) is 23.3 Å². The van der Waals surface area contributed by atoms with Gasteiger partial charge in [-0.15, -0.1) is 0 Å². The zero-order valence-corrected chi connectivity index (χ0v) is 24.1. The fraction of sp³-hybridized carbons (Fsp3) is 0.226. The van der Waals surface area contributed by atoms with E-state index in [1.807, 2.05) is 54.8 Å². The van der Waals surface area contributed by atoms with Crippen LogP contribution in [0.5, 0.6) is 5.75 Å². The number of aromatic carboxylic acids is 1. The third-order valence-corrected chi connectivity index (χ3v) is 8.04. The molecular weight excluding hydrogens is 542 g/mol. The molecule has 0 saturated heterocycles. The number of carbonyl (C=O) groups is 2. The first-order chi connectivity index (χ1) is 19.7. The van der Waals surface area contributed by atoms with Gasteiger partial charge in [-0.05, 0) is 69.7 Å². The van der Waals surface area contributed by atoms with Crippen LogP contribution in [0.3, 0.4) is 0 Å². The molecule has 0 aliphatic carbocycles. The first-order valence-electron chi connectivity index (χ1n) is 13.0. The maximum atomic E-state index is 14.0. The van der Waals surface area contributed by atoms with Gasteiger partial charge in [-0.1, -0.05) is 35.6 Å². The average Bonchev–Trinajstić information content (AvgIpc) is 3.41. The van der Waals surface area contributed by atoms with Crippen LogP contribution in [-0.2, 0) is 9.53 Å². The zero-order valence-electron chi connectivity index (χ0n) is 23.3. The molecule has 2 aromatic heterocycles. The molecule has 5 rings (SSSR count). The van der Waals surface area contributed by atoms with Gasteiger partial charge in [0, 0.05) is 22.6 Å². The van der Waals surface area contributed by atoms with E-state index in [1.165, 1.54) is 15.9 Å². The van der Waals surface area contributed by atoms with E-state index in [1.54, 1.807) is 45.2 Å². The van der Waals surface area contributed by atoms with Crippen LogP contribution >= 0.6 is 11.3 Å². The van der Waals surface area contributed by atoms with E-state index in [4.69, 9.17) is 9.47 Å². The molecule has 41 heavy (non-hydrogen) atoms. The van der Waals surface area contributed by atoms with Gasteiger partial charge in [-0.2, -0.15) is 0 Å². The highest BCUT2D eigenvalue weighted by Gasteiger charge is 2.35. The second-order valence-corrected chi connectivity index (χ2v) is 10.6. The zero-order chi connectivity index (χ0) is 29.4. The summed E-state index contributed by atoms with van der Waals surface area (Å²) in [5.41, 5.74) is 4.56. The Kier molecular flexibility index (Phi) is 7.51. The van der Waals surface area contributed by atoms with E-state index < -0.39 is 18.0 Å². The largest absolute Gasteiger partial charge is 0.496 e. The minimum absolute atomic E-state index is 0.184. The lowest BCUT2D eigenvalue weighted by molar-refractivity contribution is -0.139. The van der Waals surface area contributed by atoms with Crippen LogP contribution in [0.1, 0.15) is 52.8 Å². The van der Waals surface area contributed by atoms with Crippen molar-refractivity contribution in [3.05, 3.63) is 114 Å². The summed E-state index contributed by atoms with van der Waals surface area (Å²) in [5.74, 6) is -1.00. The van der Waals surface area contributed by atoms with E-state index >= 15 is 0 Å². The molecule has 10 heteroatoms. The SMILES string of the molecule is CCOC(=O)C1=C(C)N=c2s/c(=C\c3cc(C)n(-c4cccc(C(=O)O)c4)c3C)c(=O)n2[C@@H]1c1ccccc1OC. The van der Waals surface area contributed by atoms with E-state index in [2.05, 4.69) is 4.99 Å². The number of hydrogen-bond donors (Lipinski definition) is 1. The lowest BCUT2D eigenvalue weighted by Crippen LogP contribution is -2.40. The molecule has 1 aliphatic rings. The molecule has 0 unspecified atom stereocenters. The predicted octanol–water partition coefficient (Wildman–Crippen LogP) is 3.91. The van der Waals surface area contributed by atoms with E-state index in [9.17, 15) is 19.5 Å². The van der Waals surface area contributed by atoms with Crippen molar-refractivity contribution < 1.29 is 24.2 Å². The number of rotatable bonds is 7. The number of para-hydroxylation sites is 1. The Morgan fingerprint density at radius 1 is 1.10 bits per heavy atom. The summed E-state index contributed by atoms with van der Waals surface area (Å²) in [7, 11) is 1.55. The average molecular weight is 572 g/mol. The van der Waals surface area contributed by atoms with Crippen molar-refractivity contribution in [2.75, 3.05) is 13.7 Å². The Bertz CT molecular complexity index is 1910. The molecule has 0 bridgehead atoms. The van der Waals surface area contributed by atoms with Gasteiger partial charge in [-0.3, -0.25) is 9.36 Å². The fourth-order valence-corrected chi connectivity index (χ4v) is 6.27. The van der Waals surface area contributed by atoms with Gasteiger partial charge < -0.3 is 19.1 Å². The monoisotopic (exact) mass is 571 g/mol. The molecule has 2 aromatic carbocycles. The molecule has 9 nitrogen and oxygen atoms in total. The maximum absolute atomic E-state index is 14.0. The summed E-state index contributed by atoms with van der Waals surface area (Å²) < 4.78 is 14.9. The van der Waals surface area contributed by atoms with Crippen LogP contribution in [0.4, 0.5) is 0 Å². The van der Waals surface area contributed by atoms with Crippen LogP contribution in [0.25, 0.3) is 11.8 Å². The van der Waals surface area contributed by atoms with Gasteiger partial charge in [0.2, 0.25) is 0 Å². The minimum atomic E-state index is -1.00. The van der Waals surface area contributed by atoms with Gasteiger partial charge in [-0.25, -0.2) is 14.6 Å². The lowest BCUT2D eigenvalue weighted by Gasteiger charge is -2.25. The van der Waals surface area contributed by atoms with Crippen molar-refractivity contribution in [2.45, 2.75) is 33.7 Å². The molecule has 0 fully saturated rings. The molecule has 0 amide bonds. The topological polar surface area (TPSA) is 112 Å². The molecule has 0 spiro atoms. The summed E-state index contributed by atoms with van der Waals surface area (Å²) >= 11 is 1.24. The highest BCUT2D eigenvalue weighted by molar-refractivity contribution is 7.07. The predicted molar refractivity (Wildman–Crippen MR) is 156 cm³/mol. The Morgan fingerprint density at radius 2 is 1.85 bits per heavy atom. The number of fused-ring (bicyclic) bond motifs is 1. The highest BCUT2D eigenvalue weighted by Crippen LogP contribution is 2.35. The van der Waals surface area contributed by atoms with Crippen molar-refractivity contribution in [2.24, 2.45) is 4.99 Å². The number of aryl methyl sites for hydroxylation is 1. The molecule has 210 valence electrons. The number of carboxylic acids is 1. The maximum Gasteiger partial charge on any atom is 0.338 e. The Balaban J connectivity index is 1.70. The second kappa shape index (κ2) is 11.1. The smallest absolute Gasteiger partial charge is 0.338 e. The fourth-order valence-electron chi connectivity index (χ4n) is 5.23. The number of ether oxygens (including phenoxy) is 2. The second-order valence-electron chi connectivity index (χ2n) is 9.56. The number of thiazole rings is 1. The molecule has 3 heterocycles. The molecule has 1 atom stereocenters. The van der Waals surface area contributed by atoms with Crippen molar-refractivity contribution in [3.8, 4) is 11.4 Å². The van der Waals surface area contributed by atoms with Gasteiger partial charge in [0.25, 0.3) is 5.56 Å². The highest BCUT2D eigenvalue weighted by atomic mass is 32.1. The number of hydrogen-bond acceptors (Lipinski definition) is 7. The molecule has 1 aliphatic heterocycles. The molecule has 1 N–H and O–H groups in total. The van der Waals surface area contributed by atoms with Crippen LogP contribution in [0.15, 0.2) is 75.7 Å². The van der Waals surface area contributed by atoms with Gasteiger partial charge in [0.15, 0.2) is 4.80 Å². The Labute approximate surface area is 239 Å². The van der Waals surface area contributed by atoms with Crippen LogP contribution in [0, 0.1) is 13.8 Å². The number of nitrogens with zero attached hydrogens (tertiary/aromatic N) is 3. The molecule has 0 radical (unpaired) electrons. The van der Waals surface area contributed by atoms with Crippen molar-refractivity contribution in [1.29, 1.82) is 0 Å². The number of methoxy groups -OCH3 is 1. The molecule has 0 saturated carbocycles. The van der Waals surface area contributed by atoms with Crippen LogP contribution < -0.4 is 19.6 Å². The normalized spacial score (nSPS) is 15.0. The number of carboxylic acid groups (broad SMARTS) is 1. The first kappa shape index (κ1) is 27.9. The molecular formula is C31H29N3O6S. The van der Waals surface area contributed by atoms with Crippen LogP contribution in [-0.4, -0.2) is 39.9 Å². The Morgan fingerprint density at radius 3 is 2.56 bits per heavy atom. The standard InChI is InChI=1S/C31H29N3O6S/c1-6-40-30(38)26-18(3)32-31-34(27(26)23-12-7-8-13-24(23)39-5)28(35)25(41-31)16-21-14-17(2)33(19(21)4)22-11-9-10-20(15-22)29(36)37/h7-16,27H,6H2,1-5H3,(H,36,37)/b25-16-/t27-/m1/s1. The summed E-state index contributed by atoms with van der Waals surface area (Å²) in [5, 5.41) is 9.44. The number of carbonyl (C=O) groups excluding carboxylic acids is 1. The van der Waals surface area contributed by atoms with Crippen molar-refractivity contribution in [1.82, 2.24) is 9.13 Å². The van der Waals surface area contributed by atoms with Gasteiger partial charge in [0.1, 0.15) is 11.8 Å². The summed E-state index contributed by atoms with van der Waals surface area (Å²) in [6.07, 6.45) is 1.81.